The molecule has 15 heavy (non-hydrogen) atoms. The van der Waals surface area contributed by atoms with Gasteiger partial charge in [-0.15, -0.1) is 0 Å². The van der Waals surface area contributed by atoms with Crippen LogP contribution >= 0.6 is 0 Å². The molecule has 2 rings (SSSR count). The molecule has 0 radical (unpaired) electrons. The van der Waals surface area contributed by atoms with Crippen molar-refractivity contribution in [1.29, 1.82) is 0 Å². The quantitative estimate of drug-likeness (QED) is 0.764. The van der Waals surface area contributed by atoms with Crippen molar-refractivity contribution in [1.82, 2.24) is 0 Å². The van der Waals surface area contributed by atoms with E-state index in [4.69, 9.17) is 5.90 Å². The number of nitrogens with two attached hydrogens (primary N) is 1. The van der Waals surface area contributed by atoms with Crippen LogP contribution in [-0.2, 0) is 21.3 Å². The lowest BCUT2D eigenvalue weighted by atomic mass is 10.0. The van der Waals surface area contributed by atoms with Gasteiger partial charge in [0.1, 0.15) is 0 Å². The molecule has 1 aromatic carbocycles. The maximum absolute atomic E-state index is 11.7. The van der Waals surface area contributed by atoms with Crippen LogP contribution in [0.5, 0.6) is 0 Å². The standard InChI is InChI=1S/C10H13NO3S/c1-7-6-15(12,13)10-3-2-8(5-14-11)4-9(7)10/h2-4,7H,5-6,11H2,1H3. The molecular formula is C10H13NO3S. The van der Waals surface area contributed by atoms with Gasteiger partial charge >= 0.3 is 0 Å². The molecule has 0 spiro atoms. The molecular weight excluding hydrogens is 214 g/mol. The highest BCUT2D eigenvalue weighted by Gasteiger charge is 2.31. The van der Waals surface area contributed by atoms with Gasteiger partial charge in [-0.1, -0.05) is 19.1 Å². The Hall–Kier alpha value is -0.910. The van der Waals surface area contributed by atoms with E-state index in [1.165, 1.54) is 0 Å². The summed E-state index contributed by atoms with van der Waals surface area (Å²) in [6.45, 7) is 2.22. The lowest BCUT2D eigenvalue weighted by Crippen LogP contribution is -2.00. The summed E-state index contributed by atoms with van der Waals surface area (Å²) < 4.78 is 23.4. The monoisotopic (exact) mass is 227 g/mol. The highest BCUT2D eigenvalue weighted by Crippen LogP contribution is 2.35. The first-order chi connectivity index (χ1) is 7.04. The molecule has 1 aliphatic heterocycles. The number of fused-ring (bicyclic) bond motifs is 1. The zero-order valence-electron chi connectivity index (χ0n) is 8.43. The molecule has 1 aromatic rings. The van der Waals surface area contributed by atoms with Crippen LogP contribution in [0.2, 0.25) is 0 Å². The maximum Gasteiger partial charge on any atom is 0.179 e. The van der Waals surface area contributed by atoms with Gasteiger partial charge in [-0.2, -0.15) is 0 Å². The minimum Gasteiger partial charge on any atom is -0.300 e. The average Bonchev–Trinajstić information content (AvgIpc) is 2.38. The van der Waals surface area contributed by atoms with E-state index in [2.05, 4.69) is 4.84 Å². The minimum atomic E-state index is -3.06. The van der Waals surface area contributed by atoms with Gasteiger partial charge in [0.05, 0.1) is 17.3 Å². The molecule has 0 aromatic heterocycles. The fourth-order valence-corrected chi connectivity index (χ4v) is 3.87. The molecule has 1 heterocycles. The van der Waals surface area contributed by atoms with E-state index in [1.54, 1.807) is 12.1 Å². The number of hydrogen-bond acceptors (Lipinski definition) is 4. The molecule has 2 N–H and O–H groups in total. The molecule has 0 bridgehead atoms. The first-order valence-corrected chi connectivity index (χ1v) is 6.37. The minimum absolute atomic E-state index is 0.0581. The largest absolute Gasteiger partial charge is 0.300 e. The summed E-state index contributed by atoms with van der Waals surface area (Å²) in [5, 5.41) is 0. The van der Waals surface area contributed by atoms with Crippen molar-refractivity contribution >= 4 is 9.84 Å². The Morgan fingerprint density at radius 3 is 2.93 bits per heavy atom. The summed E-state index contributed by atoms with van der Waals surface area (Å²) in [6, 6.07) is 5.24. The Bertz CT molecular complexity index is 481. The summed E-state index contributed by atoms with van der Waals surface area (Å²) in [7, 11) is -3.06. The van der Waals surface area contributed by atoms with Crippen LogP contribution in [0.4, 0.5) is 0 Å². The average molecular weight is 227 g/mol. The van der Waals surface area contributed by atoms with Gasteiger partial charge in [-0.25, -0.2) is 14.3 Å². The summed E-state index contributed by atoms with van der Waals surface area (Å²) >= 11 is 0. The highest BCUT2D eigenvalue weighted by atomic mass is 32.2. The van der Waals surface area contributed by atoms with Crippen molar-refractivity contribution in [3.63, 3.8) is 0 Å². The van der Waals surface area contributed by atoms with Crippen LogP contribution in [0, 0.1) is 0 Å². The third-order valence-corrected chi connectivity index (χ3v) is 4.64. The molecule has 1 atom stereocenters. The number of benzene rings is 1. The second kappa shape index (κ2) is 3.59. The summed E-state index contributed by atoms with van der Waals surface area (Å²) in [4.78, 5) is 4.98. The molecule has 1 unspecified atom stereocenters. The normalized spacial score (nSPS) is 22.7. The molecule has 0 fully saturated rings. The third-order valence-electron chi connectivity index (χ3n) is 2.66. The van der Waals surface area contributed by atoms with Crippen molar-refractivity contribution < 1.29 is 13.3 Å². The van der Waals surface area contributed by atoms with Gasteiger partial charge in [0.2, 0.25) is 0 Å². The molecule has 5 heteroatoms. The fourth-order valence-electron chi connectivity index (χ4n) is 1.96. The maximum atomic E-state index is 11.7. The Labute approximate surface area is 88.9 Å². The molecule has 0 saturated heterocycles. The molecule has 82 valence electrons. The van der Waals surface area contributed by atoms with E-state index in [0.29, 0.717) is 11.5 Å². The summed E-state index contributed by atoms with van der Waals surface area (Å²) in [5.74, 6) is 5.24. The van der Waals surface area contributed by atoms with E-state index >= 15 is 0 Å². The van der Waals surface area contributed by atoms with E-state index in [9.17, 15) is 8.42 Å². The predicted octanol–water partition coefficient (Wildman–Crippen LogP) is 0.968. The van der Waals surface area contributed by atoms with Crippen LogP contribution in [0.1, 0.15) is 24.0 Å². The molecule has 0 amide bonds. The first kappa shape index (κ1) is 10.6. The van der Waals surface area contributed by atoms with Crippen LogP contribution < -0.4 is 5.90 Å². The third kappa shape index (κ3) is 1.78. The number of sulfone groups is 1. The smallest absolute Gasteiger partial charge is 0.179 e. The van der Waals surface area contributed by atoms with Gasteiger partial charge < -0.3 is 0 Å². The summed E-state index contributed by atoms with van der Waals surface area (Å²) in [6.07, 6.45) is 0. The van der Waals surface area contributed by atoms with Gasteiger partial charge in [0, 0.05) is 0 Å². The lowest BCUT2D eigenvalue weighted by Gasteiger charge is -2.05. The Balaban J connectivity index is 2.51. The summed E-state index contributed by atoms with van der Waals surface area (Å²) in [5.41, 5.74) is 1.78. The molecule has 1 aliphatic rings. The molecule has 0 aliphatic carbocycles. The van der Waals surface area contributed by atoms with Crippen LogP contribution in [0.15, 0.2) is 23.1 Å². The van der Waals surface area contributed by atoms with Crippen LogP contribution in [0.3, 0.4) is 0 Å². The first-order valence-electron chi connectivity index (χ1n) is 4.72. The van der Waals surface area contributed by atoms with Crippen LogP contribution in [-0.4, -0.2) is 14.2 Å². The molecule has 4 nitrogen and oxygen atoms in total. The van der Waals surface area contributed by atoms with Crippen molar-refractivity contribution in [3.05, 3.63) is 29.3 Å². The van der Waals surface area contributed by atoms with E-state index in [1.807, 2.05) is 13.0 Å². The van der Waals surface area contributed by atoms with Gasteiger partial charge in [0.25, 0.3) is 0 Å². The van der Waals surface area contributed by atoms with Crippen LogP contribution in [0.25, 0.3) is 0 Å². The fraction of sp³-hybridized carbons (Fsp3) is 0.400. The second-order valence-electron chi connectivity index (χ2n) is 3.87. The van der Waals surface area contributed by atoms with Gasteiger partial charge in [0.15, 0.2) is 9.84 Å². The van der Waals surface area contributed by atoms with Crippen molar-refractivity contribution in [2.75, 3.05) is 5.75 Å². The van der Waals surface area contributed by atoms with E-state index in [-0.39, 0.29) is 11.7 Å². The zero-order valence-corrected chi connectivity index (χ0v) is 9.25. The number of rotatable bonds is 2. The lowest BCUT2D eigenvalue weighted by molar-refractivity contribution is 0.124. The van der Waals surface area contributed by atoms with E-state index in [0.717, 1.165) is 11.1 Å². The van der Waals surface area contributed by atoms with Crippen molar-refractivity contribution in [2.45, 2.75) is 24.3 Å². The van der Waals surface area contributed by atoms with Crippen molar-refractivity contribution in [3.8, 4) is 0 Å². The molecule has 0 saturated carbocycles. The Kier molecular flexibility index (Phi) is 2.54. The van der Waals surface area contributed by atoms with E-state index < -0.39 is 9.84 Å². The topological polar surface area (TPSA) is 69.4 Å². The van der Waals surface area contributed by atoms with Gasteiger partial charge in [-0.3, -0.25) is 4.84 Å². The Morgan fingerprint density at radius 2 is 2.27 bits per heavy atom. The Morgan fingerprint density at radius 1 is 1.53 bits per heavy atom. The van der Waals surface area contributed by atoms with Gasteiger partial charge in [-0.05, 0) is 23.1 Å². The highest BCUT2D eigenvalue weighted by molar-refractivity contribution is 7.91. The SMILES string of the molecule is CC1CS(=O)(=O)c2ccc(CON)cc21. The zero-order chi connectivity index (χ0) is 11.1. The van der Waals surface area contributed by atoms with Crippen molar-refractivity contribution in [2.24, 2.45) is 5.90 Å². The number of hydrogen-bond donors (Lipinski definition) is 1. The predicted molar refractivity (Wildman–Crippen MR) is 55.9 cm³/mol. The second-order valence-corrected chi connectivity index (χ2v) is 5.87.